The number of furan rings is 1. The predicted molar refractivity (Wildman–Crippen MR) is 69.8 cm³/mol. The number of nitrogens with one attached hydrogen (secondary N) is 1. The maximum atomic E-state index is 5.62. The molecule has 0 bridgehead atoms. The minimum absolute atomic E-state index is 0.812. The Hall–Kier alpha value is -0.800. The summed E-state index contributed by atoms with van der Waals surface area (Å²) in [4.78, 5) is 2.50. The summed E-state index contributed by atoms with van der Waals surface area (Å²) in [5, 5.41) is 3.39. The molecule has 1 N–H and O–H groups in total. The van der Waals surface area contributed by atoms with Crippen LogP contribution in [0.3, 0.4) is 0 Å². The zero-order chi connectivity index (χ0) is 12.1. The van der Waals surface area contributed by atoms with Crippen molar-refractivity contribution in [3.05, 3.63) is 23.7 Å². The summed E-state index contributed by atoms with van der Waals surface area (Å²) in [7, 11) is 0. The van der Waals surface area contributed by atoms with Crippen LogP contribution in [0.1, 0.15) is 44.4 Å². The summed E-state index contributed by atoms with van der Waals surface area (Å²) < 4.78 is 5.62. The Morgan fingerprint density at radius 3 is 2.88 bits per heavy atom. The van der Waals surface area contributed by atoms with Crippen molar-refractivity contribution in [2.24, 2.45) is 0 Å². The fourth-order valence-corrected chi connectivity index (χ4v) is 2.15. The van der Waals surface area contributed by atoms with Gasteiger partial charge in [-0.1, -0.05) is 13.8 Å². The first-order valence-electron chi connectivity index (χ1n) is 6.84. The van der Waals surface area contributed by atoms with Gasteiger partial charge in [-0.15, -0.1) is 0 Å². The van der Waals surface area contributed by atoms with Gasteiger partial charge in [-0.05, 0) is 38.4 Å². The number of hydrogen-bond donors (Lipinski definition) is 1. The lowest BCUT2D eigenvalue weighted by molar-refractivity contribution is 0.246. The zero-order valence-electron chi connectivity index (χ0n) is 11.0. The second-order valence-electron chi connectivity index (χ2n) is 4.89. The van der Waals surface area contributed by atoms with Gasteiger partial charge in [0.25, 0.3) is 0 Å². The molecule has 0 aromatic carbocycles. The van der Waals surface area contributed by atoms with Gasteiger partial charge in [0.05, 0.1) is 12.8 Å². The maximum absolute atomic E-state index is 5.62. The van der Waals surface area contributed by atoms with Crippen LogP contribution in [0.5, 0.6) is 0 Å². The molecule has 1 aromatic heterocycles. The minimum Gasteiger partial charge on any atom is -0.468 e. The first-order chi connectivity index (χ1) is 8.33. The van der Waals surface area contributed by atoms with Crippen LogP contribution in [0, 0.1) is 0 Å². The molecule has 96 valence electrons. The van der Waals surface area contributed by atoms with Crippen molar-refractivity contribution in [1.29, 1.82) is 0 Å². The largest absolute Gasteiger partial charge is 0.468 e. The molecule has 0 saturated heterocycles. The van der Waals surface area contributed by atoms with E-state index in [9.17, 15) is 0 Å². The van der Waals surface area contributed by atoms with Gasteiger partial charge in [0.15, 0.2) is 0 Å². The summed E-state index contributed by atoms with van der Waals surface area (Å²) in [6.45, 7) is 8.49. The molecule has 1 aliphatic carbocycles. The monoisotopic (exact) mass is 236 g/mol. The molecule has 2 rings (SSSR count). The van der Waals surface area contributed by atoms with E-state index in [2.05, 4.69) is 30.1 Å². The molecule has 17 heavy (non-hydrogen) atoms. The van der Waals surface area contributed by atoms with Gasteiger partial charge in [0.1, 0.15) is 5.76 Å². The third-order valence-corrected chi connectivity index (χ3v) is 3.29. The van der Waals surface area contributed by atoms with E-state index in [4.69, 9.17) is 4.42 Å². The Kier molecular flexibility index (Phi) is 4.63. The van der Waals surface area contributed by atoms with Crippen LogP contribution in [-0.4, -0.2) is 24.0 Å². The van der Waals surface area contributed by atoms with Crippen LogP contribution in [0.4, 0.5) is 0 Å². The van der Waals surface area contributed by atoms with Gasteiger partial charge in [0.2, 0.25) is 0 Å². The lowest BCUT2D eigenvalue weighted by Crippen LogP contribution is -2.24. The van der Waals surface area contributed by atoms with Crippen molar-refractivity contribution >= 4 is 0 Å². The van der Waals surface area contributed by atoms with E-state index < -0.39 is 0 Å². The molecule has 1 heterocycles. The molecule has 1 saturated carbocycles. The smallest absolute Gasteiger partial charge is 0.118 e. The second-order valence-corrected chi connectivity index (χ2v) is 4.89. The minimum atomic E-state index is 0.812. The van der Waals surface area contributed by atoms with Crippen molar-refractivity contribution in [3.8, 4) is 0 Å². The van der Waals surface area contributed by atoms with Crippen molar-refractivity contribution < 1.29 is 4.42 Å². The highest BCUT2D eigenvalue weighted by Crippen LogP contribution is 2.28. The Bertz CT molecular complexity index is 331. The quantitative estimate of drug-likeness (QED) is 0.704. The highest BCUT2D eigenvalue weighted by molar-refractivity contribution is 5.13. The SMILES string of the molecule is CCCNCc1coc(CN(CC)C2CC2)c1. The van der Waals surface area contributed by atoms with Crippen molar-refractivity contribution in [2.75, 3.05) is 13.1 Å². The van der Waals surface area contributed by atoms with Gasteiger partial charge in [-0.25, -0.2) is 0 Å². The average molecular weight is 236 g/mol. The molecular weight excluding hydrogens is 212 g/mol. The van der Waals surface area contributed by atoms with Crippen LogP contribution in [0.25, 0.3) is 0 Å². The molecule has 0 aliphatic heterocycles. The van der Waals surface area contributed by atoms with Crippen LogP contribution in [0.2, 0.25) is 0 Å². The van der Waals surface area contributed by atoms with Gasteiger partial charge in [-0.2, -0.15) is 0 Å². The van der Waals surface area contributed by atoms with E-state index >= 15 is 0 Å². The van der Waals surface area contributed by atoms with Gasteiger partial charge >= 0.3 is 0 Å². The lowest BCUT2D eigenvalue weighted by Gasteiger charge is -2.17. The van der Waals surface area contributed by atoms with E-state index in [0.29, 0.717) is 0 Å². The third-order valence-electron chi connectivity index (χ3n) is 3.29. The normalized spacial score (nSPS) is 15.7. The lowest BCUT2D eigenvalue weighted by atomic mass is 10.3. The Morgan fingerprint density at radius 1 is 1.41 bits per heavy atom. The van der Waals surface area contributed by atoms with Gasteiger partial charge in [0, 0.05) is 18.2 Å². The first kappa shape index (κ1) is 12.7. The molecular formula is C14H24N2O. The highest BCUT2D eigenvalue weighted by atomic mass is 16.3. The van der Waals surface area contributed by atoms with Crippen LogP contribution in [-0.2, 0) is 13.1 Å². The Morgan fingerprint density at radius 2 is 2.24 bits per heavy atom. The maximum Gasteiger partial charge on any atom is 0.118 e. The van der Waals surface area contributed by atoms with Crippen LogP contribution in [0.15, 0.2) is 16.7 Å². The number of rotatable bonds is 8. The summed E-state index contributed by atoms with van der Waals surface area (Å²) in [6.07, 6.45) is 5.79. The number of hydrogen-bond acceptors (Lipinski definition) is 3. The Balaban J connectivity index is 1.80. The second kappa shape index (κ2) is 6.22. The first-order valence-corrected chi connectivity index (χ1v) is 6.84. The molecule has 3 heteroatoms. The molecule has 3 nitrogen and oxygen atoms in total. The van der Waals surface area contributed by atoms with Crippen LogP contribution < -0.4 is 5.32 Å². The fraction of sp³-hybridized carbons (Fsp3) is 0.714. The van der Waals surface area contributed by atoms with Crippen molar-refractivity contribution in [1.82, 2.24) is 10.2 Å². The molecule has 0 unspecified atom stereocenters. The summed E-state index contributed by atoms with van der Waals surface area (Å²) in [5.74, 6) is 1.10. The highest BCUT2D eigenvalue weighted by Gasteiger charge is 2.28. The van der Waals surface area contributed by atoms with Gasteiger partial charge in [-0.3, -0.25) is 4.90 Å². The molecule has 0 atom stereocenters. The molecule has 1 fully saturated rings. The van der Waals surface area contributed by atoms with E-state index in [1.807, 2.05) is 6.26 Å². The zero-order valence-corrected chi connectivity index (χ0v) is 11.0. The third kappa shape index (κ3) is 3.86. The topological polar surface area (TPSA) is 28.4 Å². The van der Waals surface area contributed by atoms with Crippen molar-refractivity contribution in [3.63, 3.8) is 0 Å². The summed E-state index contributed by atoms with van der Waals surface area (Å²) in [5.41, 5.74) is 1.26. The molecule has 0 radical (unpaired) electrons. The fourth-order valence-electron chi connectivity index (χ4n) is 2.15. The van der Waals surface area contributed by atoms with Gasteiger partial charge < -0.3 is 9.73 Å². The Labute approximate surface area is 104 Å². The summed E-state index contributed by atoms with van der Waals surface area (Å²) in [6, 6.07) is 3.00. The van der Waals surface area contributed by atoms with E-state index in [1.165, 1.54) is 24.8 Å². The van der Waals surface area contributed by atoms with E-state index in [-0.39, 0.29) is 0 Å². The van der Waals surface area contributed by atoms with Crippen LogP contribution >= 0.6 is 0 Å². The predicted octanol–water partition coefficient (Wildman–Crippen LogP) is 2.76. The molecule has 1 aromatic rings. The van der Waals surface area contributed by atoms with E-state index in [0.717, 1.165) is 38.0 Å². The average Bonchev–Trinajstić information content (AvgIpc) is 3.08. The summed E-state index contributed by atoms with van der Waals surface area (Å²) >= 11 is 0. The van der Waals surface area contributed by atoms with E-state index in [1.54, 1.807) is 0 Å². The molecule has 0 amide bonds. The molecule has 0 spiro atoms. The number of nitrogens with zero attached hydrogens (tertiary/aromatic N) is 1. The van der Waals surface area contributed by atoms with Crippen molar-refractivity contribution in [2.45, 2.75) is 52.2 Å². The standard InChI is InChI=1S/C14H24N2O/c1-3-7-15-9-12-8-14(17-11-12)10-16(4-2)13-5-6-13/h8,11,13,15H,3-7,9-10H2,1-2H3. The molecule has 1 aliphatic rings.